The van der Waals surface area contributed by atoms with Crippen molar-refractivity contribution in [3.63, 3.8) is 0 Å². The Labute approximate surface area is 88.7 Å². The molecule has 0 bridgehead atoms. The third kappa shape index (κ3) is 4.02. The van der Waals surface area contributed by atoms with Crippen LogP contribution < -0.4 is 10.1 Å². The Morgan fingerprint density at radius 2 is 2.21 bits per heavy atom. The van der Waals surface area contributed by atoms with Gasteiger partial charge in [-0.15, -0.1) is 10.2 Å². The fourth-order valence-corrected chi connectivity index (χ4v) is 1.50. The summed E-state index contributed by atoms with van der Waals surface area (Å²) in [5.41, 5.74) is 0. The highest BCUT2D eigenvalue weighted by molar-refractivity contribution is 7.13. The van der Waals surface area contributed by atoms with E-state index in [1.165, 1.54) is 11.3 Å². The molecule has 5 heteroatoms. The van der Waals surface area contributed by atoms with Gasteiger partial charge >= 0.3 is 0 Å². The maximum Gasteiger partial charge on any atom is 0.294 e. The first-order valence-electron chi connectivity index (χ1n) is 4.88. The fourth-order valence-electron chi connectivity index (χ4n) is 0.838. The highest BCUT2D eigenvalue weighted by Crippen LogP contribution is 2.17. The maximum atomic E-state index is 5.45. The molecule has 14 heavy (non-hydrogen) atoms. The van der Waals surface area contributed by atoms with Crippen molar-refractivity contribution in [2.45, 2.75) is 27.3 Å². The van der Waals surface area contributed by atoms with E-state index in [9.17, 15) is 0 Å². The first-order chi connectivity index (χ1) is 6.72. The molecule has 0 aliphatic carbocycles. The number of rotatable bonds is 6. The van der Waals surface area contributed by atoms with E-state index in [4.69, 9.17) is 4.74 Å². The number of ether oxygens (including phenoxy) is 1. The average Bonchev–Trinajstić information content (AvgIpc) is 2.59. The van der Waals surface area contributed by atoms with Crippen LogP contribution in [0.25, 0.3) is 0 Å². The van der Waals surface area contributed by atoms with Crippen molar-refractivity contribution in [3.05, 3.63) is 5.01 Å². The summed E-state index contributed by atoms with van der Waals surface area (Å²) in [5.74, 6) is 0.524. The van der Waals surface area contributed by atoms with Gasteiger partial charge in [-0.05, 0) is 12.5 Å². The number of aromatic nitrogens is 2. The molecular formula is C9H17N3OS. The lowest BCUT2D eigenvalue weighted by molar-refractivity contribution is 0.268. The minimum atomic E-state index is 0.524. The number of nitrogens with one attached hydrogen (secondary N) is 1. The normalized spacial score (nSPS) is 10.9. The van der Waals surface area contributed by atoms with Gasteiger partial charge in [0, 0.05) is 6.54 Å². The van der Waals surface area contributed by atoms with Crippen LogP contribution in [0.4, 0.5) is 0 Å². The van der Waals surface area contributed by atoms with Crippen molar-refractivity contribution in [3.8, 4) is 5.19 Å². The molecule has 80 valence electrons. The summed E-state index contributed by atoms with van der Waals surface area (Å²) in [4.78, 5) is 0. The van der Waals surface area contributed by atoms with Gasteiger partial charge in [0.05, 0.1) is 6.61 Å². The first kappa shape index (κ1) is 11.4. The van der Waals surface area contributed by atoms with Gasteiger partial charge in [0.2, 0.25) is 0 Å². The van der Waals surface area contributed by atoms with Crippen LogP contribution in [0.1, 0.15) is 25.8 Å². The smallest absolute Gasteiger partial charge is 0.294 e. The lowest BCUT2D eigenvalue weighted by atomic mass is 10.2. The number of hydrogen-bond donors (Lipinski definition) is 1. The molecule has 0 saturated carbocycles. The van der Waals surface area contributed by atoms with Gasteiger partial charge in [-0.3, -0.25) is 0 Å². The minimum absolute atomic E-state index is 0.524. The van der Waals surface area contributed by atoms with E-state index >= 15 is 0 Å². The summed E-state index contributed by atoms with van der Waals surface area (Å²) >= 11 is 1.51. The van der Waals surface area contributed by atoms with Crippen LogP contribution in [0.5, 0.6) is 5.19 Å². The van der Waals surface area contributed by atoms with E-state index in [-0.39, 0.29) is 0 Å². The van der Waals surface area contributed by atoms with Crippen molar-refractivity contribution >= 4 is 11.3 Å². The van der Waals surface area contributed by atoms with Crippen LogP contribution in [-0.2, 0) is 6.54 Å². The van der Waals surface area contributed by atoms with Gasteiger partial charge in [-0.2, -0.15) is 0 Å². The third-order valence-electron chi connectivity index (χ3n) is 1.51. The van der Waals surface area contributed by atoms with Crippen LogP contribution >= 0.6 is 11.3 Å². The van der Waals surface area contributed by atoms with Crippen molar-refractivity contribution in [1.82, 2.24) is 15.5 Å². The Kier molecular flexibility index (Phi) is 4.82. The summed E-state index contributed by atoms with van der Waals surface area (Å²) in [5, 5.41) is 12.8. The highest BCUT2D eigenvalue weighted by atomic mass is 32.1. The topological polar surface area (TPSA) is 47.0 Å². The lowest BCUT2D eigenvalue weighted by Crippen LogP contribution is -2.11. The van der Waals surface area contributed by atoms with Crippen LogP contribution in [-0.4, -0.2) is 23.3 Å². The summed E-state index contributed by atoms with van der Waals surface area (Å²) in [6, 6.07) is 0. The fraction of sp³-hybridized carbons (Fsp3) is 0.778. The van der Waals surface area contributed by atoms with Crippen molar-refractivity contribution in [2.75, 3.05) is 13.2 Å². The SMILES string of the molecule is CCNCc1nnc(OCC(C)C)s1. The molecule has 0 aromatic carbocycles. The molecule has 0 spiro atoms. The Morgan fingerprint density at radius 1 is 1.43 bits per heavy atom. The Balaban J connectivity index is 2.35. The zero-order valence-electron chi connectivity index (χ0n) is 8.91. The van der Waals surface area contributed by atoms with Crippen LogP contribution in [0.15, 0.2) is 0 Å². The van der Waals surface area contributed by atoms with Crippen LogP contribution in [0.2, 0.25) is 0 Å². The predicted octanol–water partition coefficient (Wildman–Crippen LogP) is 1.68. The Morgan fingerprint density at radius 3 is 2.86 bits per heavy atom. The van der Waals surface area contributed by atoms with E-state index in [2.05, 4.69) is 36.3 Å². The Bertz CT molecular complexity index is 262. The van der Waals surface area contributed by atoms with E-state index in [1.807, 2.05) is 0 Å². The van der Waals surface area contributed by atoms with E-state index in [0.717, 1.165) is 18.1 Å². The molecule has 1 aromatic heterocycles. The summed E-state index contributed by atoms with van der Waals surface area (Å²) < 4.78 is 5.45. The van der Waals surface area contributed by atoms with Crippen LogP contribution in [0.3, 0.4) is 0 Å². The second kappa shape index (κ2) is 5.93. The van der Waals surface area contributed by atoms with Crippen molar-refractivity contribution in [2.24, 2.45) is 5.92 Å². The minimum Gasteiger partial charge on any atom is -0.469 e. The molecule has 4 nitrogen and oxygen atoms in total. The lowest BCUT2D eigenvalue weighted by Gasteiger charge is -2.03. The molecule has 0 unspecified atom stereocenters. The van der Waals surface area contributed by atoms with Gasteiger partial charge in [-0.1, -0.05) is 32.1 Å². The van der Waals surface area contributed by atoms with Crippen molar-refractivity contribution in [1.29, 1.82) is 0 Å². The molecule has 0 amide bonds. The Hall–Kier alpha value is -0.680. The molecule has 0 fully saturated rings. The predicted molar refractivity (Wildman–Crippen MR) is 57.6 cm³/mol. The zero-order chi connectivity index (χ0) is 10.4. The molecule has 0 aliphatic heterocycles. The quantitative estimate of drug-likeness (QED) is 0.784. The third-order valence-corrected chi connectivity index (χ3v) is 2.35. The molecule has 1 heterocycles. The van der Waals surface area contributed by atoms with Gasteiger partial charge in [0.15, 0.2) is 0 Å². The summed E-state index contributed by atoms with van der Waals surface area (Å²) in [6.07, 6.45) is 0. The average molecular weight is 215 g/mol. The molecule has 0 radical (unpaired) electrons. The molecule has 1 rings (SSSR count). The van der Waals surface area contributed by atoms with Gasteiger partial charge in [-0.25, -0.2) is 0 Å². The van der Waals surface area contributed by atoms with E-state index < -0.39 is 0 Å². The molecular weight excluding hydrogens is 198 g/mol. The first-order valence-corrected chi connectivity index (χ1v) is 5.70. The van der Waals surface area contributed by atoms with E-state index in [0.29, 0.717) is 17.7 Å². The zero-order valence-corrected chi connectivity index (χ0v) is 9.73. The standard InChI is InChI=1S/C9H17N3OS/c1-4-10-5-8-11-12-9(14-8)13-6-7(2)3/h7,10H,4-6H2,1-3H3. The molecule has 0 aliphatic rings. The monoisotopic (exact) mass is 215 g/mol. The second-order valence-electron chi connectivity index (χ2n) is 3.45. The summed E-state index contributed by atoms with van der Waals surface area (Å²) in [6.45, 7) is 8.72. The van der Waals surface area contributed by atoms with Gasteiger partial charge in [0.25, 0.3) is 5.19 Å². The molecule has 1 N–H and O–H groups in total. The summed E-state index contributed by atoms with van der Waals surface area (Å²) in [7, 11) is 0. The molecule has 1 aromatic rings. The van der Waals surface area contributed by atoms with E-state index in [1.54, 1.807) is 0 Å². The number of nitrogens with zero attached hydrogens (tertiary/aromatic N) is 2. The van der Waals surface area contributed by atoms with Gasteiger partial charge < -0.3 is 10.1 Å². The highest BCUT2D eigenvalue weighted by Gasteiger charge is 2.04. The second-order valence-corrected chi connectivity index (χ2v) is 4.47. The largest absolute Gasteiger partial charge is 0.469 e. The maximum absolute atomic E-state index is 5.45. The van der Waals surface area contributed by atoms with Gasteiger partial charge in [0.1, 0.15) is 5.01 Å². The number of hydrogen-bond acceptors (Lipinski definition) is 5. The van der Waals surface area contributed by atoms with Crippen molar-refractivity contribution < 1.29 is 4.74 Å². The van der Waals surface area contributed by atoms with Crippen LogP contribution in [0, 0.1) is 5.92 Å². The molecule has 0 saturated heterocycles. The molecule has 0 atom stereocenters.